The number of aromatic nitrogens is 1. The maximum absolute atomic E-state index is 14.2. The van der Waals surface area contributed by atoms with Crippen molar-refractivity contribution in [1.82, 2.24) is 9.88 Å². The van der Waals surface area contributed by atoms with Crippen molar-refractivity contribution in [2.75, 3.05) is 6.61 Å². The molecule has 3 rings (SSSR count). The number of benzene rings is 1. The van der Waals surface area contributed by atoms with Crippen LogP contribution in [0.15, 0.2) is 18.2 Å². The zero-order valence-electron chi connectivity index (χ0n) is 15.6. The molecule has 0 unspecified atom stereocenters. The van der Waals surface area contributed by atoms with Crippen LogP contribution in [-0.2, 0) is 11.3 Å². The van der Waals surface area contributed by atoms with Crippen LogP contribution in [0.3, 0.4) is 0 Å². The number of aryl methyl sites for hydroxylation is 1. The van der Waals surface area contributed by atoms with Gasteiger partial charge in [-0.25, -0.2) is 9.18 Å². The number of nitrogens with one attached hydrogen (secondary N) is 1. The molecule has 0 bridgehead atoms. The predicted octanol–water partition coefficient (Wildman–Crippen LogP) is 4.41. The van der Waals surface area contributed by atoms with Crippen molar-refractivity contribution in [2.45, 2.75) is 46.2 Å². The van der Waals surface area contributed by atoms with E-state index in [1.807, 2.05) is 0 Å². The fourth-order valence-electron chi connectivity index (χ4n) is 3.22. The fraction of sp³-hybridized carbons (Fsp3) is 0.400. The standard InChI is InChI=1S/C20H22ClFN2O3/c1-4-27-20(26)17-11(2)18(23-12(17)3)19(25)24(13-8-9-13)10-14-15(21)6-5-7-16(14)22/h5-7,13,23H,4,8-10H2,1-3H3. The molecule has 1 aromatic carbocycles. The summed E-state index contributed by atoms with van der Waals surface area (Å²) in [6.45, 7) is 5.51. The first-order chi connectivity index (χ1) is 12.8. The Morgan fingerprint density at radius 3 is 2.63 bits per heavy atom. The SMILES string of the molecule is CCOC(=O)c1c(C)[nH]c(C(=O)N(Cc2c(F)cccc2Cl)C2CC2)c1C. The van der Waals surface area contributed by atoms with Crippen LogP contribution in [0.4, 0.5) is 4.39 Å². The highest BCUT2D eigenvalue weighted by Gasteiger charge is 2.36. The molecule has 0 radical (unpaired) electrons. The van der Waals surface area contributed by atoms with Gasteiger partial charge in [0.05, 0.1) is 18.7 Å². The molecule has 144 valence electrons. The van der Waals surface area contributed by atoms with Crippen molar-refractivity contribution < 1.29 is 18.7 Å². The fourth-order valence-corrected chi connectivity index (χ4v) is 3.45. The molecule has 7 heteroatoms. The first kappa shape index (κ1) is 19.4. The lowest BCUT2D eigenvalue weighted by Crippen LogP contribution is -2.33. The van der Waals surface area contributed by atoms with Crippen LogP contribution in [0.5, 0.6) is 0 Å². The molecule has 1 N–H and O–H groups in total. The van der Waals surface area contributed by atoms with Crippen LogP contribution < -0.4 is 0 Å². The van der Waals surface area contributed by atoms with E-state index >= 15 is 0 Å². The molecule has 2 aromatic rings. The van der Waals surface area contributed by atoms with Crippen LogP contribution in [0.2, 0.25) is 5.02 Å². The Hall–Kier alpha value is -2.34. The second-order valence-electron chi connectivity index (χ2n) is 6.71. The first-order valence-electron chi connectivity index (χ1n) is 8.95. The van der Waals surface area contributed by atoms with E-state index in [1.165, 1.54) is 12.1 Å². The van der Waals surface area contributed by atoms with Gasteiger partial charge in [-0.3, -0.25) is 4.79 Å². The summed E-state index contributed by atoms with van der Waals surface area (Å²) in [4.78, 5) is 30.0. The molecule has 27 heavy (non-hydrogen) atoms. The minimum atomic E-state index is -0.460. The summed E-state index contributed by atoms with van der Waals surface area (Å²) in [5, 5.41) is 0.292. The van der Waals surface area contributed by atoms with E-state index in [9.17, 15) is 14.0 Å². The number of halogens is 2. The molecule has 1 aromatic heterocycles. The molecule has 1 aliphatic carbocycles. The number of rotatable bonds is 6. The van der Waals surface area contributed by atoms with Gasteiger partial charge in [0, 0.05) is 22.3 Å². The van der Waals surface area contributed by atoms with E-state index in [2.05, 4.69) is 4.98 Å². The lowest BCUT2D eigenvalue weighted by atomic mass is 10.1. The number of H-pyrrole nitrogens is 1. The molecule has 0 atom stereocenters. The van der Waals surface area contributed by atoms with Crippen molar-refractivity contribution >= 4 is 23.5 Å². The van der Waals surface area contributed by atoms with E-state index in [0.717, 1.165) is 12.8 Å². The first-order valence-corrected chi connectivity index (χ1v) is 9.33. The third-order valence-corrected chi connectivity index (χ3v) is 5.12. The Kier molecular flexibility index (Phi) is 5.56. The number of carbonyl (C=O) groups excluding carboxylic acids is 2. The Morgan fingerprint density at radius 1 is 1.33 bits per heavy atom. The van der Waals surface area contributed by atoms with Gasteiger partial charge in [0.15, 0.2) is 0 Å². The summed E-state index contributed by atoms with van der Waals surface area (Å²) in [5.74, 6) is -1.17. The predicted molar refractivity (Wildman–Crippen MR) is 101 cm³/mol. The number of hydrogen-bond donors (Lipinski definition) is 1. The third kappa shape index (κ3) is 3.86. The van der Waals surface area contributed by atoms with Crippen LogP contribution in [-0.4, -0.2) is 34.4 Å². The van der Waals surface area contributed by atoms with Gasteiger partial charge in [0.2, 0.25) is 0 Å². The van der Waals surface area contributed by atoms with Gasteiger partial charge in [-0.15, -0.1) is 0 Å². The van der Waals surface area contributed by atoms with Crippen LogP contribution in [0.25, 0.3) is 0 Å². The van der Waals surface area contributed by atoms with Gasteiger partial charge >= 0.3 is 5.97 Å². The van der Waals surface area contributed by atoms with Gasteiger partial charge in [-0.05, 0) is 51.3 Å². The highest BCUT2D eigenvalue weighted by molar-refractivity contribution is 6.31. The lowest BCUT2D eigenvalue weighted by molar-refractivity contribution is 0.0525. The molecule has 1 amide bonds. The summed E-state index contributed by atoms with van der Waals surface area (Å²) in [6.07, 6.45) is 1.72. The molecule has 1 saturated carbocycles. The van der Waals surface area contributed by atoms with Gasteiger partial charge in [-0.2, -0.15) is 0 Å². The quantitative estimate of drug-likeness (QED) is 0.741. The summed E-state index contributed by atoms with van der Waals surface area (Å²) < 4.78 is 19.3. The van der Waals surface area contributed by atoms with Gasteiger partial charge < -0.3 is 14.6 Å². The Morgan fingerprint density at radius 2 is 2.04 bits per heavy atom. The molecule has 1 aliphatic rings. The number of ether oxygens (including phenoxy) is 1. The molecule has 1 fully saturated rings. The molecular weight excluding hydrogens is 371 g/mol. The maximum Gasteiger partial charge on any atom is 0.340 e. The Balaban J connectivity index is 1.93. The van der Waals surface area contributed by atoms with E-state index in [1.54, 1.807) is 31.7 Å². The number of amides is 1. The van der Waals surface area contributed by atoms with Crippen molar-refractivity contribution in [2.24, 2.45) is 0 Å². The van der Waals surface area contributed by atoms with E-state index in [0.29, 0.717) is 33.1 Å². The highest BCUT2D eigenvalue weighted by Crippen LogP contribution is 2.33. The Labute approximate surface area is 162 Å². The topological polar surface area (TPSA) is 62.4 Å². The summed E-state index contributed by atoms with van der Waals surface area (Å²) in [7, 11) is 0. The third-order valence-electron chi connectivity index (χ3n) is 4.77. The average Bonchev–Trinajstić information content (AvgIpc) is 3.39. The van der Waals surface area contributed by atoms with E-state index < -0.39 is 11.8 Å². The van der Waals surface area contributed by atoms with Gasteiger partial charge in [0.1, 0.15) is 11.5 Å². The molecule has 0 spiro atoms. The summed E-state index contributed by atoms with van der Waals surface area (Å²) in [5.41, 5.74) is 2.12. The lowest BCUT2D eigenvalue weighted by Gasteiger charge is -2.23. The molecular formula is C20H22ClFN2O3. The number of nitrogens with zero attached hydrogens (tertiary/aromatic N) is 1. The van der Waals surface area contributed by atoms with Crippen LogP contribution in [0.1, 0.15) is 57.4 Å². The van der Waals surface area contributed by atoms with Gasteiger partial charge in [0.25, 0.3) is 5.91 Å². The Bertz CT molecular complexity index is 869. The van der Waals surface area contributed by atoms with Crippen molar-refractivity contribution in [3.63, 3.8) is 0 Å². The van der Waals surface area contributed by atoms with Crippen LogP contribution >= 0.6 is 11.6 Å². The number of hydrogen-bond acceptors (Lipinski definition) is 3. The zero-order valence-corrected chi connectivity index (χ0v) is 16.3. The smallest absolute Gasteiger partial charge is 0.340 e. The monoisotopic (exact) mass is 392 g/mol. The minimum Gasteiger partial charge on any atom is -0.462 e. The number of esters is 1. The molecule has 1 heterocycles. The van der Waals surface area contributed by atoms with Crippen molar-refractivity contribution in [1.29, 1.82) is 0 Å². The van der Waals surface area contributed by atoms with Crippen molar-refractivity contribution in [3.8, 4) is 0 Å². The number of aromatic amines is 1. The van der Waals surface area contributed by atoms with E-state index in [4.69, 9.17) is 16.3 Å². The molecule has 0 saturated heterocycles. The summed E-state index contributed by atoms with van der Waals surface area (Å²) in [6, 6.07) is 4.52. The molecule has 0 aliphatic heterocycles. The molecule has 5 nitrogen and oxygen atoms in total. The van der Waals surface area contributed by atoms with E-state index in [-0.39, 0.29) is 25.1 Å². The van der Waals surface area contributed by atoms with Crippen molar-refractivity contribution in [3.05, 3.63) is 57.1 Å². The minimum absolute atomic E-state index is 0.0437. The average molecular weight is 393 g/mol. The maximum atomic E-state index is 14.2. The second kappa shape index (κ2) is 7.72. The second-order valence-corrected chi connectivity index (χ2v) is 7.12. The van der Waals surface area contributed by atoms with Gasteiger partial charge in [-0.1, -0.05) is 17.7 Å². The highest BCUT2D eigenvalue weighted by atomic mass is 35.5. The van der Waals surface area contributed by atoms with Crippen LogP contribution in [0, 0.1) is 19.7 Å². The largest absolute Gasteiger partial charge is 0.462 e. The zero-order chi connectivity index (χ0) is 19.7. The number of carbonyl (C=O) groups is 2. The normalized spacial score (nSPS) is 13.5. The summed E-state index contributed by atoms with van der Waals surface area (Å²) >= 11 is 6.14.